The van der Waals surface area contributed by atoms with Crippen molar-refractivity contribution in [1.29, 1.82) is 0 Å². The molecule has 9 rings (SSSR count). The number of carbonyl (C=O) groups is 3. The second-order valence-electron chi connectivity index (χ2n) is 17.2. The van der Waals surface area contributed by atoms with Gasteiger partial charge >= 0.3 is 33.7 Å². The van der Waals surface area contributed by atoms with Gasteiger partial charge in [-0.05, 0) is 125 Å². The Balaban J connectivity index is 0.000000201. The molecule has 4 aromatic carbocycles. The SMILES string of the molecule is CCOC(=O)c1c2nccc(C3=CCN(C(=O)OC(C)(C)C)CC3)c2nn1-c1ccc(Oc2ccccc2)cc1.CCOC(=O)c1c2nccc(OS(=O)(=O)C(F)(F)F)c2nn1-c1ccc(Oc2ccccc2)cc1. The number of hydrogen-bond donors (Lipinski definition) is 0. The molecule has 0 aliphatic carbocycles. The van der Waals surface area contributed by atoms with E-state index in [2.05, 4.69) is 19.2 Å². The zero-order chi connectivity index (χ0) is 53.5. The van der Waals surface area contributed by atoms with Crippen LogP contribution in [-0.2, 0) is 24.3 Å². The van der Waals surface area contributed by atoms with E-state index in [4.69, 9.17) is 28.8 Å². The molecule has 0 spiro atoms. The summed E-state index contributed by atoms with van der Waals surface area (Å²) < 4.78 is 96.2. The summed E-state index contributed by atoms with van der Waals surface area (Å²) in [6, 6.07) is 34.8. The smallest absolute Gasteiger partial charge is 0.461 e. The molecule has 0 N–H and O–H groups in total. The Morgan fingerprint density at radius 3 is 1.53 bits per heavy atom. The number of carbonyl (C=O) groups excluding carboxylic acids is 3. The van der Waals surface area contributed by atoms with Crippen molar-refractivity contribution < 1.29 is 63.8 Å². The third-order valence-electron chi connectivity index (χ3n) is 10.8. The van der Waals surface area contributed by atoms with Gasteiger partial charge in [-0.15, -0.1) is 0 Å². The van der Waals surface area contributed by atoms with Crippen molar-refractivity contribution in [1.82, 2.24) is 34.4 Å². The lowest BCUT2D eigenvalue weighted by molar-refractivity contribution is -0.0499. The number of fused-ring (bicyclic) bond motifs is 2. The summed E-state index contributed by atoms with van der Waals surface area (Å²) in [7, 11) is -5.99. The van der Waals surface area contributed by atoms with Crippen LogP contribution in [0.4, 0.5) is 18.0 Å². The van der Waals surface area contributed by atoms with E-state index in [0.29, 0.717) is 59.2 Å². The highest BCUT2D eigenvalue weighted by molar-refractivity contribution is 7.88. The maximum Gasteiger partial charge on any atom is 0.534 e. The van der Waals surface area contributed by atoms with Gasteiger partial charge in [0.25, 0.3) is 0 Å². The van der Waals surface area contributed by atoms with Crippen molar-refractivity contribution in [2.24, 2.45) is 0 Å². The molecule has 0 unspecified atom stereocenters. The Morgan fingerprint density at radius 1 is 0.613 bits per heavy atom. The van der Waals surface area contributed by atoms with Crippen LogP contribution in [-0.4, -0.2) is 98.3 Å². The molecule has 1 aliphatic rings. The van der Waals surface area contributed by atoms with Gasteiger partial charge in [-0.25, -0.2) is 23.7 Å². The largest absolute Gasteiger partial charge is 0.534 e. The molecule has 5 heterocycles. The first-order chi connectivity index (χ1) is 35.8. The first kappa shape index (κ1) is 52.5. The first-order valence-corrected chi connectivity index (χ1v) is 24.7. The van der Waals surface area contributed by atoms with Crippen molar-refractivity contribution in [3.05, 3.63) is 157 Å². The number of esters is 2. The van der Waals surface area contributed by atoms with Gasteiger partial charge in [-0.1, -0.05) is 42.5 Å². The van der Waals surface area contributed by atoms with E-state index >= 15 is 0 Å². The van der Waals surface area contributed by atoms with Gasteiger partial charge in [0.1, 0.15) is 45.1 Å². The number of rotatable bonds is 13. The van der Waals surface area contributed by atoms with Crippen LogP contribution in [0.1, 0.15) is 67.6 Å². The lowest BCUT2D eigenvalue weighted by atomic mass is 9.99. The summed E-state index contributed by atoms with van der Waals surface area (Å²) in [4.78, 5) is 48.5. The molecule has 4 aromatic heterocycles. The maximum absolute atomic E-state index is 13.1. The van der Waals surface area contributed by atoms with Crippen molar-refractivity contribution in [2.75, 3.05) is 26.3 Å². The van der Waals surface area contributed by atoms with Crippen molar-refractivity contribution in [3.8, 4) is 40.1 Å². The third-order valence-corrected chi connectivity index (χ3v) is 11.8. The quantitative estimate of drug-likeness (QED) is 0.0456. The molecule has 1 aliphatic heterocycles. The number of ether oxygens (including phenoxy) is 5. The van der Waals surface area contributed by atoms with Crippen molar-refractivity contribution in [2.45, 2.75) is 52.1 Å². The van der Waals surface area contributed by atoms with E-state index in [1.54, 1.807) is 78.2 Å². The number of nitrogens with zero attached hydrogens (tertiary/aromatic N) is 7. The van der Waals surface area contributed by atoms with E-state index in [-0.39, 0.29) is 41.7 Å². The highest BCUT2D eigenvalue weighted by Crippen LogP contribution is 2.35. The predicted molar refractivity (Wildman–Crippen MR) is 269 cm³/mol. The zero-order valence-corrected chi connectivity index (χ0v) is 41.8. The first-order valence-electron chi connectivity index (χ1n) is 23.3. The van der Waals surface area contributed by atoms with Gasteiger partial charge in [0.05, 0.1) is 24.6 Å². The van der Waals surface area contributed by atoms with Gasteiger partial charge < -0.3 is 32.8 Å². The van der Waals surface area contributed by atoms with E-state index in [1.807, 2.05) is 93.6 Å². The Labute approximate surface area is 428 Å². The van der Waals surface area contributed by atoms with Crippen LogP contribution in [0, 0.1) is 0 Å². The Bertz CT molecular complexity index is 3490. The number of alkyl halides is 3. The second kappa shape index (κ2) is 22.1. The van der Waals surface area contributed by atoms with Gasteiger partial charge in [0.2, 0.25) is 0 Å². The Kier molecular flexibility index (Phi) is 15.5. The van der Waals surface area contributed by atoms with E-state index < -0.39 is 38.9 Å². The molecule has 0 radical (unpaired) electrons. The molecule has 0 saturated heterocycles. The number of hydrogen-bond acceptors (Lipinski definition) is 15. The fourth-order valence-electron chi connectivity index (χ4n) is 7.53. The molecule has 1 amide bonds. The van der Waals surface area contributed by atoms with Crippen LogP contribution in [0.2, 0.25) is 0 Å². The molecule has 388 valence electrons. The minimum atomic E-state index is -5.99. The summed E-state index contributed by atoms with van der Waals surface area (Å²) in [5, 5.41) is 8.97. The summed E-state index contributed by atoms with van der Waals surface area (Å²) in [5.74, 6) is 0.315. The van der Waals surface area contributed by atoms with Gasteiger partial charge in [0.15, 0.2) is 22.7 Å². The van der Waals surface area contributed by atoms with Crippen LogP contribution in [0.5, 0.6) is 28.7 Å². The summed E-state index contributed by atoms with van der Waals surface area (Å²) in [5.41, 5.74) is -2.88. The normalized spacial score (nSPS) is 12.8. The maximum atomic E-state index is 13.1. The molecule has 8 aromatic rings. The van der Waals surface area contributed by atoms with Crippen LogP contribution in [0.25, 0.3) is 39.0 Å². The predicted octanol–water partition coefficient (Wildman–Crippen LogP) is 11.0. The van der Waals surface area contributed by atoms with E-state index in [1.165, 1.54) is 0 Å². The van der Waals surface area contributed by atoms with Gasteiger partial charge in [-0.3, -0.25) is 9.97 Å². The summed E-state index contributed by atoms with van der Waals surface area (Å²) in [6.45, 7) is 10.0. The molecule has 0 bridgehead atoms. The van der Waals surface area contributed by atoms with Crippen LogP contribution in [0.3, 0.4) is 0 Å². The Hall–Kier alpha value is -8.79. The molecule has 75 heavy (non-hydrogen) atoms. The van der Waals surface area contributed by atoms with Crippen molar-refractivity contribution >= 4 is 55.8 Å². The monoisotopic (exact) mass is 1050 g/mol. The Morgan fingerprint density at radius 2 is 1.08 bits per heavy atom. The molecule has 0 saturated carbocycles. The number of pyridine rings is 2. The average Bonchev–Trinajstić information content (AvgIpc) is 3.98. The summed E-state index contributed by atoms with van der Waals surface area (Å²) >= 11 is 0. The average molecular weight is 1050 g/mol. The van der Waals surface area contributed by atoms with Crippen LogP contribution >= 0.6 is 0 Å². The zero-order valence-electron chi connectivity index (χ0n) is 41.0. The fourth-order valence-corrected chi connectivity index (χ4v) is 8.00. The number of amides is 1. The molecule has 0 fully saturated rings. The number of para-hydroxylation sites is 2. The van der Waals surface area contributed by atoms with Gasteiger partial charge in [-0.2, -0.15) is 31.8 Å². The second-order valence-corrected chi connectivity index (χ2v) is 18.8. The van der Waals surface area contributed by atoms with Gasteiger partial charge in [0, 0.05) is 37.1 Å². The molecular formula is C53H48F3N7O11S. The van der Waals surface area contributed by atoms with Crippen molar-refractivity contribution in [3.63, 3.8) is 0 Å². The lowest BCUT2D eigenvalue weighted by Crippen LogP contribution is -2.39. The highest BCUT2D eigenvalue weighted by atomic mass is 32.2. The molecule has 18 nitrogen and oxygen atoms in total. The standard InChI is InChI=1S/C31H32N4O5.C22H16F3N3O6S/c1-5-38-29(36)28-27-26(33-35(28)22-11-13-24(14-12-22)39-23-9-7-6-8-10-23)25(15-18-32-27)21-16-19-34(20-17-21)30(37)40-31(2,3)4;1-2-32-21(29)20-19-18(17(12-13-26-19)34-35(30,31)22(23,24)25)27-28(20)14-8-10-16(11-9-14)33-15-6-4-3-5-7-15/h6-16,18H,5,17,19-20H2,1-4H3;3-13H,2H2,1H3. The number of aromatic nitrogens is 6. The molecular weight excluding hydrogens is 1000 g/mol. The highest BCUT2D eigenvalue weighted by Gasteiger charge is 2.49. The topological polar surface area (TPSA) is 205 Å². The van der Waals surface area contributed by atoms with Crippen LogP contribution < -0.4 is 13.7 Å². The van der Waals surface area contributed by atoms with E-state index in [9.17, 15) is 36.0 Å². The molecule has 22 heteroatoms. The third kappa shape index (κ3) is 12.2. The van der Waals surface area contributed by atoms with E-state index in [0.717, 1.165) is 33.8 Å². The lowest BCUT2D eigenvalue weighted by Gasteiger charge is -2.29. The minimum absolute atomic E-state index is 0.00595. The molecule has 0 atom stereocenters. The van der Waals surface area contributed by atoms with Crippen LogP contribution in [0.15, 0.2) is 140 Å². The minimum Gasteiger partial charge on any atom is -0.461 e. The summed E-state index contributed by atoms with van der Waals surface area (Å²) in [6.07, 6.45) is 4.95. The fraction of sp³-hybridized carbons (Fsp3) is 0.226. The number of halogens is 3. The number of benzene rings is 4.